The third-order valence-electron chi connectivity index (χ3n) is 1.71. The molecule has 0 amide bonds. The fourth-order valence-corrected chi connectivity index (χ4v) is 1.17. The zero-order valence-corrected chi connectivity index (χ0v) is 6.73. The Morgan fingerprint density at radius 1 is 1.55 bits per heavy atom. The van der Waals surface area contributed by atoms with Crippen molar-refractivity contribution in [2.75, 3.05) is 6.54 Å². The van der Waals surface area contributed by atoms with Crippen LogP contribution in [0, 0.1) is 0 Å². The van der Waals surface area contributed by atoms with Gasteiger partial charge in [-0.05, 0) is 20.3 Å². The van der Waals surface area contributed by atoms with Crippen molar-refractivity contribution in [3.63, 3.8) is 0 Å². The maximum Gasteiger partial charge on any atom is 0.264 e. The average molecular weight is 165 g/mol. The van der Waals surface area contributed by atoms with Crippen molar-refractivity contribution in [2.45, 2.75) is 38.5 Å². The van der Waals surface area contributed by atoms with Gasteiger partial charge in [-0.2, -0.15) is 0 Å². The standard InChI is InChI=1S/C7H13F2NO/c1-7(2)10-4-3-5(11-7)6(8)9/h5-6,10H,3-4H2,1-2H3. The van der Waals surface area contributed by atoms with Gasteiger partial charge in [0.15, 0.2) is 0 Å². The zero-order valence-electron chi connectivity index (χ0n) is 6.73. The van der Waals surface area contributed by atoms with Crippen molar-refractivity contribution < 1.29 is 13.5 Å². The number of halogens is 2. The van der Waals surface area contributed by atoms with E-state index in [4.69, 9.17) is 4.74 Å². The van der Waals surface area contributed by atoms with E-state index in [0.717, 1.165) is 0 Å². The SMILES string of the molecule is CC1(C)NCCC(C(F)F)O1. The Hall–Kier alpha value is -0.220. The first-order valence-corrected chi connectivity index (χ1v) is 3.72. The normalized spacial score (nSPS) is 30.8. The third-order valence-corrected chi connectivity index (χ3v) is 1.71. The van der Waals surface area contributed by atoms with Gasteiger partial charge in [-0.3, -0.25) is 5.32 Å². The van der Waals surface area contributed by atoms with Crippen molar-refractivity contribution in [2.24, 2.45) is 0 Å². The van der Waals surface area contributed by atoms with E-state index in [-0.39, 0.29) is 0 Å². The number of alkyl halides is 2. The molecule has 0 radical (unpaired) electrons. The van der Waals surface area contributed by atoms with Crippen LogP contribution >= 0.6 is 0 Å². The summed E-state index contributed by atoms with van der Waals surface area (Å²) in [5.41, 5.74) is -0.598. The van der Waals surface area contributed by atoms with Gasteiger partial charge in [0.05, 0.1) is 0 Å². The Morgan fingerprint density at radius 3 is 2.55 bits per heavy atom. The van der Waals surface area contributed by atoms with E-state index < -0.39 is 18.3 Å². The molecule has 0 bridgehead atoms. The molecule has 1 fully saturated rings. The number of ether oxygens (including phenoxy) is 1. The van der Waals surface area contributed by atoms with Gasteiger partial charge in [0.25, 0.3) is 6.43 Å². The van der Waals surface area contributed by atoms with Crippen LogP contribution in [-0.2, 0) is 4.74 Å². The zero-order chi connectivity index (χ0) is 8.48. The van der Waals surface area contributed by atoms with Gasteiger partial charge in [-0.1, -0.05) is 0 Å². The molecule has 1 saturated heterocycles. The lowest BCUT2D eigenvalue weighted by atomic mass is 10.1. The Kier molecular flexibility index (Phi) is 2.44. The van der Waals surface area contributed by atoms with Crippen molar-refractivity contribution >= 4 is 0 Å². The summed E-state index contributed by atoms with van der Waals surface area (Å²) in [5.74, 6) is 0. The molecule has 0 aliphatic carbocycles. The summed E-state index contributed by atoms with van der Waals surface area (Å²) in [5, 5.41) is 2.99. The summed E-state index contributed by atoms with van der Waals surface area (Å²) >= 11 is 0. The second-order valence-electron chi connectivity index (χ2n) is 3.22. The highest BCUT2D eigenvalue weighted by molar-refractivity contribution is 4.77. The Bertz CT molecular complexity index is 138. The molecule has 1 heterocycles. The molecule has 1 N–H and O–H groups in total. The number of nitrogens with one attached hydrogen (secondary N) is 1. The first kappa shape index (κ1) is 8.87. The first-order chi connectivity index (χ1) is 5.01. The van der Waals surface area contributed by atoms with Gasteiger partial charge >= 0.3 is 0 Å². The van der Waals surface area contributed by atoms with Gasteiger partial charge in [0.2, 0.25) is 0 Å². The van der Waals surface area contributed by atoms with Gasteiger partial charge in [-0.25, -0.2) is 8.78 Å². The van der Waals surface area contributed by atoms with E-state index in [1.807, 2.05) is 0 Å². The summed E-state index contributed by atoms with van der Waals surface area (Å²) in [6.07, 6.45) is -2.87. The first-order valence-electron chi connectivity index (χ1n) is 3.72. The monoisotopic (exact) mass is 165 g/mol. The summed E-state index contributed by atoms with van der Waals surface area (Å²) < 4.78 is 29.3. The minimum absolute atomic E-state index is 0.390. The van der Waals surface area contributed by atoms with E-state index in [0.29, 0.717) is 13.0 Å². The van der Waals surface area contributed by atoms with E-state index in [2.05, 4.69) is 5.32 Å². The highest BCUT2D eigenvalue weighted by Gasteiger charge is 2.32. The topological polar surface area (TPSA) is 21.3 Å². The van der Waals surface area contributed by atoms with Crippen molar-refractivity contribution in [1.29, 1.82) is 0 Å². The molecule has 66 valence electrons. The Balaban J connectivity index is 2.46. The van der Waals surface area contributed by atoms with Crippen LogP contribution < -0.4 is 5.32 Å². The van der Waals surface area contributed by atoms with Gasteiger partial charge in [-0.15, -0.1) is 0 Å². The van der Waals surface area contributed by atoms with Crippen LogP contribution in [0.2, 0.25) is 0 Å². The number of hydrogen-bond acceptors (Lipinski definition) is 2. The summed E-state index contributed by atoms with van der Waals surface area (Å²) in [6.45, 7) is 4.10. The molecule has 0 saturated carbocycles. The molecule has 11 heavy (non-hydrogen) atoms. The fourth-order valence-electron chi connectivity index (χ4n) is 1.17. The predicted molar refractivity (Wildman–Crippen MR) is 37.6 cm³/mol. The molecule has 0 aromatic carbocycles. The largest absolute Gasteiger partial charge is 0.352 e. The van der Waals surface area contributed by atoms with Crippen LogP contribution in [0.4, 0.5) is 8.78 Å². The Morgan fingerprint density at radius 2 is 2.18 bits per heavy atom. The predicted octanol–water partition coefficient (Wildman–Crippen LogP) is 1.37. The van der Waals surface area contributed by atoms with Crippen LogP contribution in [-0.4, -0.2) is 24.8 Å². The lowest BCUT2D eigenvalue weighted by molar-refractivity contribution is -0.167. The molecule has 0 aromatic heterocycles. The molecule has 1 unspecified atom stereocenters. The number of hydrogen-bond donors (Lipinski definition) is 1. The van der Waals surface area contributed by atoms with Crippen LogP contribution in [0.3, 0.4) is 0 Å². The smallest absolute Gasteiger partial charge is 0.264 e. The molecular formula is C7H13F2NO. The molecule has 1 aliphatic heterocycles. The molecule has 4 heteroatoms. The second kappa shape index (κ2) is 3.03. The van der Waals surface area contributed by atoms with Crippen LogP contribution in [0.5, 0.6) is 0 Å². The van der Waals surface area contributed by atoms with Gasteiger partial charge in [0.1, 0.15) is 11.8 Å². The third kappa shape index (κ3) is 2.38. The summed E-state index contributed by atoms with van der Waals surface area (Å²) in [7, 11) is 0. The van der Waals surface area contributed by atoms with E-state index in [1.54, 1.807) is 13.8 Å². The molecule has 1 aliphatic rings. The van der Waals surface area contributed by atoms with Crippen molar-refractivity contribution in [3.05, 3.63) is 0 Å². The van der Waals surface area contributed by atoms with Gasteiger partial charge < -0.3 is 4.74 Å². The molecule has 2 nitrogen and oxygen atoms in total. The lowest BCUT2D eigenvalue weighted by Gasteiger charge is -2.36. The maximum absolute atomic E-state index is 12.1. The average Bonchev–Trinajstić information content (AvgIpc) is 1.85. The van der Waals surface area contributed by atoms with E-state index in [1.165, 1.54) is 0 Å². The molecule has 0 spiro atoms. The summed E-state index contributed by atoms with van der Waals surface area (Å²) in [6, 6.07) is 0. The minimum Gasteiger partial charge on any atom is -0.352 e. The van der Waals surface area contributed by atoms with Crippen LogP contribution in [0.15, 0.2) is 0 Å². The highest BCUT2D eigenvalue weighted by Crippen LogP contribution is 2.20. The fraction of sp³-hybridized carbons (Fsp3) is 1.00. The molecule has 1 atom stereocenters. The second-order valence-corrected chi connectivity index (χ2v) is 3.22. The van der Waals surface area contributed by atoms with Crippen LogP contribution in [0.25, 0.3) is 0 Å². The minimum atomic E-state index is -2.36. The van der Waals surface area contributed by atoms with E-state index in [9.17, 15) is 8.78 Å². The summed E-state index contributed by atoms with van der Waals surface area (Å²) in [4.78, 5) is 0. The Labute approximate surface area is 64.9 Å². The molecule has 1 rings (SSSR count). The van der Waals surface area contributed by atoms with Crippen molar-refractivity contribution in [3.8, 4) is 0 Å². The quantitative estimate of drug-likeness (QED) is 0.633. The molecule has 0 aromatic rings. The van der Waals surface area contributed by atoms with Crippen molar-refractivity contribution in [1.82, 2.24) is 5.32 Å². The van der Waals surface area contributed by atoms with E-state index >= 15 is 0 Å². The maximum atomic E-state index is 12.1. The van der Waals surface area contributed by atoms with Crippen LogP contribution in [0.1, 0.15) is 20.3 Å². The number of rotatable bonds is 1. The van der Waals surface area contributed by atoms with Gasteiger partial charge in [0, 0.05) is 6.54 Å². The highest BCUT2D eigenvalue weighted by atomic mass is 19.3. The molecular weight excluding hydrogens is 152 g/mol. The lowest BCUT2D eigenvalue weighted by Crippen LogP contribution is -2.52.